The molecule has 0 aliphatic heterocycles. The predicted octanol–water partition coefficient (Wildman–Crippen LogP) is 4.48. The highest BCUT2D eigenvalue weighted by Crippen LogP contribution is 2.27. The minimum atomic E-state index is -0.824. The lowest BCUT2D eigenvalue weighted by Gasteiger charge is -2.30. The fraction of sp³-hybridized carbons (Fsp3) is 0.771. The molecule has 0 aromatic heterocycles. The minimum absolute atomic E-state index is 0.0286. The summed E-state index contributed by atoms with van der Waals surface area (Å²) in [6, 6.07) is 4.82. The molecule has 0 saturated heterocycles. The summed E-state index contributed by atoms with van der Waals surface area (Å²) in [5.74, 6) is 0.913. The molecule has 0 spiro atoms. The van der Waals surface area contributed by atoms with Crippen molar-refractivity contribution in [2.24, 2.45) is 29.4 Å². The normalized spacial score (nSPS) is 14.3. The molecule has 10 heteroatoms. The van der Waals surface area contributed by atoms with E-state index in [1.807, 2.05) is 27.9 Å². The van der Waals surface area contributed by atoms with Crippen molar-refractivity contribution in [1.29, 1.82) is 0 Å². The Balaban J connectivity index is 2.88. The molecule has 0 bridgehead atoms. The number of unbranched alkanes of at least 4 members (excludes halogenated alkanes) is 2. The Labute approximate surface area is 273 Å². The van der Waals surface area contributed by atoms with Gasteiger partial charge in [0.25, 0.3) is 5.91 Å². The Bertz CT molecular complexity index is 958. The first-order valence-corrected chi connectivity index (χ1v) is 16.9. The average molecular weight is 637 g/mol. The molecule has 0 saturated carbocycles. The van der Waals surface area contributed by atoms with Gasteiger partial charge in [0.15, 0.2) is 0 Å². The van der Waals surface area contributed by atoms with Crippen molar-refractivity contribution in [3.05, 3.63) is 23.8 Å². The van der Waals surface area contributed by atoms with Crippen LogP contribution < -0.4 is 25.8 Å². The van der Waals surface area contributed by atoms with Crippen LogP contribution in [0.25, 0.3) is 0 Å². The van der Waals surface area contributed by atoms with Gasteiger partial charge in [0, 0.05) is 51.4 Å². The topological polar surface area (TPSA) is 135 Å². The number of rotatable bonds is 25. The Hall–Kier alpha value is -2.40. The Kier molecular flexibility index (Phi) is 20.8. The van der Waals surface area contributed by atoms with Gasteiger partial charge in [0.2, 0.25) is 5.91 Å². The van der Waals surface area contributed by atoms with Gasteiger partial charge in [-0.3, -0.25) is 9.59 Å². The number of carbonyl (C=O) groups excluding carboxylic acids is 2. The van der Waals surface area contributed by atoms with Gasteiger partial charge in [0.1, 0.15) is 11.5 Å². The molecule has 5 N–H and O–H groups in total. The van der Waals surface area contributed by atoms with Crippen molar-refractivity contribution < 1.29 is 28.9 Å². The average Bonchev–Trinajstić information content (AvgIpc) is 2.99. The van der Waals surface area contributed by atoms with Crippen LogP contribution in [0.2, 0.25) is 0 Å². The van der Waals surface area contributed by atoms with Gasteiger partial charge < -0.3 is 40.6 Å². The number of nitrogens with one attached hydrogen (secondary N) is 2. The Morgan fingerprint density at radius 2 is 1.62 bits per heavy atom. The monoisotopic (exact) mass is 636 g/mol. The van der Waals surface area contributed by atoms with Crippen LogP contribution in [-0.4, -0.2) is 94.6 Å². The third kappa shape index (κ3) is 16.6. The van der Waals surface area contributed by atoms with Gasteiger partial charge >= 0.3 is 0 Å². The maximum absolute atomic E-state index is 13.4. The largest absolute Gasteiger partial charge is 0.493 e. The molecule has 0 aliphatic rings. The highest BCUT2D eigenvalue weighted by atomic mass is 16.5. The summed E-state index contributed by atoms with van der Waals surface area (Å²) in [5, 5.41) is 17.1. The predicted molar refractivity (Wildman–Crippen MR) is 182 cm³/mol. The van der Waals surface area contributed by atoms with Gasteiger partial charge in [-0.15, -0.1) is 0 Å². The lowest BCUT2D eigenvalue weighted by atomic mass is 9.83. The molecule has 4 unspecified atom stereocenters. The number of benzene rings is 1. The van der Waals surface area contributed by atoms with Crippen LogP contribution >= 0.6 is 0 Å². The second-order valence-electron chi connectivity index (χ2n) is 13.1. The van der Waals surface area contributed by atoms with Crippen molar-refractivity contribution in [2.75, 3.05) is 60.7 Å². The number of methoxy groups -OCH3 is 1. The van der Waals surface area contributed by atoms with E-state index in [1.165, 1.54) is 0 Å². The maximum Gasteiger partial charge on any atom is 0.255 e. The standard InChI is InChI=1S/C35H64N4O6/c1-9-10-16-37-35(42)30(26(4)5)23-32(40)31(36)21-27(25(2)3)24-38-34(41)29-15-14-28(44-20-13-17-39(6)7)22-33(29)45-19-12-11-18-43-8/h14-15,22,25-27,30-32,40H,9-13,16-21,23-24,36H2,1-8H3,(H,37,42)(H,38,41). The number of nitrogens with zero attached hydrogens (tertiary/aromatic N) is 1. The molecule has 4 atom stereocenters. The van der Waals surface area contributed by atoms with Crippen molar-refractivity contribution >= 4 is 11.8 Å². The molecule has 1 aromatic rings. The van der Waals surface area contributed by atoms with E-state index in [9.17, 15) is 14.7 Å². The smallest absolute Gasteiger partial charge is 0.255 e. The molecule has 2 amide bonds. The summed E-state index contributed by atoms with van der Waals surface area (Å²) >= 11 is 0. The van der Waals surface area contributed by atoms with Gasteiger partial charge in [-0.25, -0.2) is 0 Å². The number of ether oxygens (including phenoxy) is 3. The van der Waals surface area contributed by atoms with E-state index in [2.05, 4.69) is 36.3 Å². The Morgan fingerprint density at radius 3 is 2.24 bits per heavy atom. The number of hydrogen-bond donors (Lipinski definition) is 4. The van der Waals surface area contributed by atoms with Gasteiger partial charge in [-0.1, -0.05) is 41.0 Å². The van der Waals surface area contributed by atoms with Gasteiger partial charge in [-0.2, -0.15) is 0 Å². The van der Waals surface area contributed by atoms with Crippen molar-refractivity contribution in [1.82, 2.24) is 15.5 Å². The number of nitrogens with two attached hydrogens (primary N) is 1. The second kappa shape index (κ2) is 23.0. The molecule has 45 heavy (non-hydrogen) atoms. The first kappa shape index (κ1) is 40.6. The molecule has 0 radical (unpaired) electrons. The SMILES string of the molecule is CCCCNC(=O)C(CC(O)C(N)CC(CNC(=O)c1ccc(OCCCN(C)C)cc1OCCCCOC)C(C)C)C(C)C. The third-order valence-corrected chi connectivity index (χ3v) is 8.22. The second-order valence-corrected chi connectivity index (χ2v) is 13.1. The summed E-state index contributed by atoms with van der Waals surface area (Å²) in [6.07, 6.45) is 4.49. The van der Waals surface area contributed by atoms with E-state index < -0.39 is 12.1 Å². The molecule has 1 rings (SSSR count). The quantitative estimate of drug-likeness (QED) is 0.115. The van der Waals surface area contributed by atoms with Crippen LogP contribution in [0.1, 0.15) is 89.9 Å². The number of aliphatic hydroxyl groups excluding tert-OH is 1. The zero-order chi connectivity index (χ0) is 33.8. The number of amides is 2. The first-order chi connectivity index (χ1) is 21.4. The summed E-state index contributed by atoms with van der Waals surface area (Å²) < 4.78 is 17.1. The van der Waals surface area contributed by atoms with Crippen LogP contribution in [0.3, 0.4) is 0 Å². The fourth-order valence-corrected chi connectivity index (χ4v) is 5.05. The highest BCUT2D eigenvalue weighted by molar-refractivity contribution is 5.97. The molecule has 0 heterocycles. The summed E-state index contributed by atoms with van der Waals surface area (Å²) in [4.78, 5) is 28.3. The van der Waals surface area contributed by atoms with Crippen LogP contribution in [0.4, 0.5) is 0 Å². The van der Waals surface area contributed by atoms with Crippen LogP contribution in [0.5, 0.6) is 11.5 Å². The summed E-state index contributed by atoms with van der Waals surface area (Å²) in [6.45, 7) is 13.9. The van der Waals surface area contributed by atoms with E-state index in [4.69, 9.17) is 19.9 Å². The summed E-state index contributed by atoms with van der Waals surface area (Å²) in [7, 11) is 5.73. The zero-order valence-electron chi connectivity index (χ0n) is 29.4. The zero-order valence-corrected chi connectivity index (χ0v) is 29.4. The molecular weight excluding hydrogens is 572 g/mol. The van der Waals surface area contributed by atoms with E-state index in [0.29, 0.717) is 62.8 Å². The summed E-state index contributed by atoms with van der Waals surface area (Å²) in [5.41, 5.74) is 6.95. The van der Waals surface area contributed by atoms with Crippen molar-refractivity contribution in [3.8, 4) is 11.5 Å². The maximum atomic E-state index is 13.4. The lowest BCUT2D eigenvalue weighted by molar-refractivity contribution is -0.127. The Morgan fingerprint density at radius 1 is 0.933 bits per heavy atom. The lowest BCUT2D eigenvalue weighted by Crippen LogP contribution is -2.44. The molecule has 0 aliphatic carbocycles. The molecule has 260 valence electrons. The van der Waals surface area contributed by atoms with Crippen molar-refractivity contribution in [3.63, 3.8) is 0 Å². The molecule has 0 fully saturated rings. The van der Waals surface area contributed by atoms with Crippen LogP contribution in [0, 0.1) is 23.7 Å². The number of aliphatic hydroxyl groups is 1. The van der Waals surface area contributed by atoms with E-state index in [-0.39, 0.29) is 35.5 Å². The van der Waals surface area contributed by atoms with Gasteiger partial charge in [0.05, 0.1) is 24.9 Å². The molecule has 1 aromatic carbocycles. The third-order valence-electron chi connectivity index (χ3n) is 8.22. The van der Waals surface area contributed by atoms with E-state index in [1.54, 1.807) is 25.3 Å². The molecule has 10 nitrogen and oxygen atoms in total. The highest BCUT2D eigenvalue weighted by Gasteiger charge is 2.30. The van der Waals surface area contributed by atoms with Crippen LogP contribution in [0.15, 0.2) is 18.2 Å². The molecular formula is C35H64N4O6. The minimum Gasteiger partial charge on any atom is -0.493 e. The van der Waals surface area contributed by atoms with E-state index >= 15 is 0 Å². The number of carbonyl (C=O) groups is 2. The van der Waals surface area contributed by atoms with E-state index in [0.717, 1.165) is 38.6 Å². The van der Waals surface area contributed by atoms with Crippen LogP contribution in [-0.2, 0) is 9.53 Å². The van der Waals surface area contributed by atoms with Crippen molar-refractivity contribution in [2.45, 2.75) is 91.7 Å². The fourth-order valence-electron chi connectivity index (χ4n) is 5.05. The number of hydrogen-bond acceptors (Lipinski definition) is 8. The van der Waals surface area contributed by atoms with Gasteiger partial charge in [-0.05, 0) is 82.5 Å². The first-order valence-electron chi connectivity index (χ1n) is 16.9.